The molecule has 17 heavy (non-hydrogen) atoms. The van der Waals surface area contributed by atoms with Gasteiger partial charge in [0.15, 0.2) is 16.1 Å². The molecule has 0 aliphatic heterocycles. The van der Waals surface area contributed by atoms with Crippen LogP contribution in [0.15, 0.2) is 39.5 Å². The standard InChI is InChI=1S/C11H5BrN4O/c12-9-3-2-8(17-9)11-14-10-4-1-7(5-13)6-16(10)15-11/h1-4,6H. The third-order valence-electron chi connectivity index (χ3n) is 2.25. The molecule has 5 nitrogen and oxygen atoms in total. The molecule has 6 heteroatoms. The molecule has 0 aliphatic carbocycles. The van der Waals surface area contributed by atoms with E-state index in [1.165, 1.54) is 0 Å². The van der Waals surface area contributed by atoms with Crippen molar-refractivity contribution in [2.24, 2.45) is 0 Å². The van der Waals surface area contributed by atoms with Crippen LogP contribution >= 0.6 is 15.9 Å². The van der Waals surface area contributed by atoms with Crippen molar-refractivity contribution >= 4 is 21.6 Å². The van der Waals surface area contributed by atoms with Gasteiger partial charge in [-0.3, -0.25) is 0 Å². The van der Waals surface area contributed by atoms with E-state index in [1.54, 1.807) is 35.0 Å². The summed E-state index contributed by atoms with van der Waals surface area (Å²) in [6.07, 6.45) is 1.63. The van der Waals surface area contributed by atoms with Gasteiger partial charge >= 0.3 is 0 Å². The average molecular weight is 289 g/mol. The minimum Gasteiger partial charge on any atom is -0.446 e. The molecule has 0 fully saturated rings. The Morgan fingerprint density at radius 2 is 2.18 bits per heavy atom. The van der Waals surface area contributed by atoms with Crippen molar-refractivity contribution in [1.29, 1.82) is 5.26 Å². The number of rotatable bonds is 1. The second-order valence-corrected chi connectivity index (χ2v) is 4.15. The molecule has 0 aromatic carbocycles. The van der Waals surface area contributed by atoms with E-state index in [2.05, 4.69) is 32.1 Å². The van der Waals surface area contributed by atoms with E-state index in [0.29, 0.717) is 27.5 Å². The number of fused-ring (bicyclic) bond motifs is 1. The Hall–Kier alpha value is -2.13. The number of nitriles is 1. The zero-order valence-corrected chi connectivity index (χ0v) is 10.0. The minimum atomic E-state index is 0.491. The molecule has 0 aliphatic rings. The first-order valence-corrected chi connectivity index (χ1v) is 5.58. The number of hydrogen-bond acceptors (Lipinski definition) is 4. The van der Waals surface area contributed by atoms with E-state index in [-0.39, 0.29) is 0 Å². The number of nitrogens with zero attached hydrogens (tertiary/aromatic N) is 4. The van der Waals surface area contributed by atoms with Crippen LogP contribution in [0.2, 0.25) is 0 Å². The topological polar surface area (TPSA) is 67.1 Å². The monoisotopic (exact) mass is 288 g/mol. The highest BCUT2D eigenvalue weighted by molar-refractivity contribution is 9.10. The highest BCUT2D eigenvalue weighted by Crippen LogP contribution is 2.22. The summed E-state index contributed by atoms with van der Waals surface area (Å²) in [5.41, 5.74) is 1.21. The molecule has 3 aromatic heterocycles. The van der Waals surface area contributed by atoms with Crippen molar-refractivity contribution in [3.63, 3.8) is 0 Å². The Morgan fingerprint density at radius 3 is 2.88 bits per heavy atom. The largest absolute Gasteiger partial charge is 0.446 e. The van der Waals surface area contributed by atoms with Crippen LogP contribution in [0.4, 0.5) is 0 Å². The minimum absolute atomic E-state index is 0.491. The van der Waals surface area contributed by atoms with Gasteiger partial charge in [-0.05, 0) is 40.2 Å². The Bertz CT molecular complexity index is 737. The Morgan fingerprint density at radius 1 is 1.29 bits per heavy atom. The predicted molar refractivity (Wildman–Crippen MR) is 63.1 cm³/mol. The summed E-state index contributed by atoms with van der Waals surface area (Å²) in [5, 5.41) is 13.0. The lowest BCUT2D eigenvalue weighted by Crippen LogP contribution is -1.88. The maximum atomic E-state index is 8.79. The second kappa shape index (κ2) is 3.71. The van der Waals surface area contributed by atoms with Crippen molar-refractivity contribution in [1.82, 2.24) is 14.6 Å². The first kappa shape index (κ1) is 10.1. The van der Waals surface area contributed by atoms with Crippen LogP contribution in [0.25, 0.3) is 17.2 Å². The summed E-state index contributed by atoms with van der Waals surface area (Å²) in [6.45, 7) is 0. The highest BCUT2D eigenvalue weighted by atomic mass is 79.9. The first-order valence-electron chi connectivity index (χ1n) is 4.78. The van der Waals surface area contributed by atoms with Crippen LogP contribution in [0, 0.1) is 11.3 Å². The van der Waals surface area contributed by atoms with Crippen LogP contribution in [0.5, 0.6) is 0 Å². The molecule has 0 unspecified atom stereocenters. The Kier molecular flexibility index (Phi) is 2.20. The highest BCUT2D eigenvalue weighted by Gasteiger charge is 2.10. The smallest absolute Gasteiger partial charge is 0.217 e. The fourth-order valence-electron chi connectivity index (χ4n) is 1.49. The first-order chi connectivity index (χ1) is 8.26. The summed E-state index contributed by atoms with van der Waals surface area (Å²) in [4.78, 5) is 4.30. The molecule has 3 aromatic rings. The van der Waals surface area contributed by atoms with Crippen LogP contribution < -0.4 is 0 Å². The molecule has 0 bridgehead atoms. The molecule has 0 atom stereocenters. The van der Waals surface area contributed by atoms with Crippen LogP contribution in [-0.2, 0) is 0 Å². The molecule has 82 valence electrons. The van der Waals surface area contributed by atoms with Gasteiger partial charge in [-0.15, -0.1) is 5.10 Å². The molecule has 0 saturated heterocycles. The van der Waals surface area contributed by atoms with Gasteiger partial charge in [-0.2, -0.15) is 5.26 Å². The van der Waals surface area contributed by atoms with Crippen LogP contribution in [0.1, 0.15) is 5.56 Å². The maximum absolute atomic E-state index is 8.79. The normalized spacial score (nSPS) is 10.6. The molecule has 0 radical (unpaired) electrons. The maximum Gasteiger partial charge on any atom is 0.217 e. The Balaban J connectivity index is 2.17. The fraction of sp³-hybridized carbons (Fsp3) is 0. The summed E-state index contributed by atoms with van der Waals surface area (Å²) < 4.78 is 7.56. The number of hydrogen-bond donors (Lipinski definition) is 0. The van der Waals surface area contributed by atoms with Crippen molar-refractivity contribution in [3.8, 4) is 17.7 Å². The summed E-state index contributed by atoms with van der Waals surface area (Å²) in [5.74, 6) is 1.07. The van der Waals surface area contributed by atoms with Crippen molar-refractivity contribution in [2.45, 2.75) is 0 Å². The van der Waals surface area contributed by atoms with Gasteiger partial charge in [0.25, 0.3) is 0 Å². The predicted octanol–water partition coefficient (Wildman–Crippen LogP) is 2.62. The zero-order valence-electron chi connectivity index (χ0n) is 8.46. The number of halogens is 1. The molecular formula is C11H5BrN4O. The fourth-order valence-corrected chi connectivity index (χ4v) is 1.79. The van der Waals surface area contributed by atoms with E-state index in [0.717, 1.165) is 0 Å². The van der Waals surface area contributed by atoms with Gasteiger partial charge in [0.1, 0.15) is 6.07 Å². The van der Waals surface area contributed by atoms with E-state index in [4.69, 9.17) is 9.68 Å². The molecule has 0 spiro atoms. The van der Waals surface area contributed by atoms with Gasteiger partial charge in [0.2, 0.25) is 5.82 Å². The number of aromatic nitrogens is 3. The van der Waals surface area contributed by atoms with Gasteiger partial charge in [-0.1, -0.05) is 0 Å². The molecule has 3 heterocycles. The van der Waals surface area contributed by atoms with E-state index in [9.17, 15) is 0 Å². The van der Waals surface area contributed by atoms with Gasteiger partial charge in [0, 0.05) is 6.20 Å². The molecule has 0 N–H and O–H groups in total. The molecule has 3 rings (SSSR count). The SMILES string of the molecule is N#Cc1ccc2nc(-c3ccc(Br)o3)nn2c1. The van der Waals surface area contributed by atoms with E-state index in [1.807, 2.05) is 0 Å². The molecular weight excluding hydrogens is 284 g/mol. The third kappa shape index (κ3) is 1.70. The molecule has 0 saturated carbocycles. The zero-order chi connectivity index (χ0) is 11.8. The van der Waals surface area contributed by atoms with Crippen molar-refractivity contribution in [2.75, 3.05) is 0 Å². The summed E-state index contributed by atoms with van der Waals surface area (Å²) in [7, 11) is 0. The quantitative estimate of drug-likeness (QED) is 0.690. The van der Waals surface area contributed by atoms with Crippen LogP contribution in [0.3, 0.4) is 0 Å². The van der Waals surface area contributed by atoms with Crippen molar-refractivity contribution < 1.29 is 4.42 Å². The summed E-state index contributed by atoms with van der Waals surface area (Å²) in [6, 6.07) is 9.06. The Labute approximate surface area is 104 Å². The van der Waals surface area contributed by atoms with Gasteiger partial charge in [-0.25, -0.2) is 9.50 Å². The van der Waals surface area contributed by atoms with Crippen molar-refractivity contribution in [3.05, 3.63) is 40.7 Å². The molecule has 0 amide bonds. The number of furan rings is 1. The van der Waals surface area contributed by atoms with E-state index >= 15 is 0 Å². The van der Waals surface area contributed by atoms with E-state index < -0.39 is 0 Å². The lowest BCUT2D eigenvalue weighted by atomic mass is 10.3. The lowest BCUT2D eigenvalue weighted by molar-refractivity contribution is 0.551. The second-order valence-electron chi connectivity index (χ2n) is 3.37. The number of pyridine rings is 1. The summed E-state index contributed by atoms with van der Waals surface area (Å²) >= 11 is 3.22. The lowest BCUT2D eigenvalue weighted by Gasteiger charge is -1.89. The van der Waals surface area contributed by atoms with Gasteiger partial charge < -0.3 is 4.42 Å². The third-order valence-corrected chi connectivity index (χ3v) is 2.68. The average Bonchev–Trinajstić information content (AvgIpc) is 2.93. The van der Waals surface area contributed by atoms with Gasteiger partial charge in [0.05, 0.1) is 5.56 Å². The van der Waals surface area contributed by atoms with Crippen LogP contribution in [-0.4, -0.2) is 14.6 Å².